The van der Waals surface area contributed by atoms with Gasteiger partial charge in [-0.05, 0) is 6.42 Å². The van der Waals surface area contributed by atoms with E-state index in [0.717, 1.165) is 4.90 Å². The minimum absolute atomic E-state index is 0.185. The van der Waals surface area contributed by atoms with Crippen LogP contribution < -0.4 is 5.32 Å². The molecule has 2 N–H and O–H groups in total. The summed E-state index contributed by atoms with van der Waals surface area (Å²) in [5, 5.41) is 10.5. The van der Waals surface area contributed by atoms with Gasteiger partial charge in [0.2, 0.25) is 0 Å². The monoisotopic (exact) mass is 256 g/mol. The maximum Gasteiger partial charge on any atom is 0.390 e. The van der Waals surface area contributed by atoms with Gasteiger partial charge in [0.1, 0.15) is 6.54 Å². The van der Waals surface area contributed by atoms with E-state index in [1.807, 2.05) is 5.32 Å². The van der Waals surface area contributed by atoms with Crippen LogP contribution in [0.2, 0.25) is 0 Å². The molecule has 0 aliphatic rings. The molecular formula is C9H15F3N2O3. The normalized spacial score (nSPS) is 11.1. The van der Waals surface area contributed by atoms with Gasteiger partial charge >= 0.3 is 18.2 Å². The van der Waals surface area contributed by atoms with Crippen molar-refractivity contribution in [2.45, 2.75) is 25.9 Å². The number of carboxylic acids is 1. The summed E-state index contributed by atoms with van der Waals surface area (Å²) < 4.78 is 35.4. The molecule has 0 saturated carbocycles. The minimum Gasteiger partial charge on any atom is -0.480 e. The van der Waals surface area contributed by atoms with Gasteiger partial charge in [-0.1, -0.05) is 6.92 Å². The van der Waals surface area contributed by atoms with Crippen molar-refractivity contribution in [2.24, 2.45) is 0 Å². The molecule has 0 aliphatic heterocycles. The Balaban J connectivity index is 4.10. The SMILES string of the molecule is CCCN(CC(=O)O)C(=O)NCCC(F)(F)F. The summed E-state index contributed by atoms with van der Waals surface area (Å²) in [6, 6.07) is -0.793. The second-order valence-corrected chi connectivity index (χ2v) is 3.41. The first-order valence-corrected chi connectivity index (χ1v) is 5.07. The zero-order valence-corrected chi connectivity index (χ0v) is 9.38. The van der Waals surface area contributed by atoms with E-state index in [2.05, 4.69) is 0 Å². The van der Waals surface area contributed by atoms with Crippen molar-refractivity contribution in [3.63, 3.8) is 0 Å². The van der Waals surface area contributed by atoms with Crippen LogP contribution in [-0.2, 0) is 4.79 Å². The molecule has 17 heavy (non-hydrogen) atoms. The number of aliphatic carboxylic acids is 1. The zero-order chi connectivity index (χ0) is 13.5. The van der Waals surface area contributed by atoms with Crippen LogP contribution in [0.4, 0.5) is 18.0 Å². The molecular weight excluding hydrogens is 241 g/mol. The van der Waals surface area contributed by atoms with Gasteiger partial charge in [-0.15, -0.1) is 0 Å². The Bertz CT molecular complexity index is 269. The van der Waals surface area contributed by atoms with Crippen molar-refractivity contribution in [2.75, 3.05) is 19.6 Å². The molecule has 2 amide bonds. The van der Waals surface area contributed by atoms with Crippen molar-refractivity contribution in [3.8, 4) is 0 Å². The standard InChI is InChI=1S/C9H15F3N2O3/c1-2-5-14(6-7(15)16)8(17)13-4-3-9(10,11)12/h2-6H2,1H3,(H,13,17)(H,15,16). The molecule has 100 valence electrons. The molecule has 0 rings (SSSR count). The molecule has 0 unspecified atom stereocenters. The average Bonchev–Trinajstić information content (AvgIpc) is 2.14. The largest absolute Gasteiger partial charge is 0.480 e. The lowest BCUT2D eigenvalue weighted by molar-refractivity contribution is -0.138. The third kappa shape index (κ3) is 8.35. The van der Waals surface area contributed by atoms with Gasteiger partial charge in [0.05, 0.1) is 6.42 Å². The number of carbonyl (C=O) groups excluding carboxylic acids is 1. The van der Waals surface area contributed by atoms with Gasteiger partial charge in [-0.25, -0.2) is 4.79 Å². The molecule has 0 aromatic rings. The van der Waals surface area contributed by atoms with Gasteiger partial charge in [0, 0.05) is 13.1 Å². The number of hydrogen-bond acceptors (Lipinski definition) is 2. The summed E-state index contributed by atoms with van der Waals surface area (Å²) in [7, 11) is 0. The smallest absolute Gasteiger partial charge is 0.390 e. The van der Waals surface area contributed by atoms with Crippen molar-refractivity contribution in [1.29, 1.82) is 0 Å². The number of carbonyl (C=O) groups is 2. The molecule has 0 bridgehead atoms. The van der Waals surface area contributed by atoms with Crippen LogP contribution in [-0.4, -0.2) is 47.8 Å². The van der Waals surface area contributed by atoms with E-state index >= 15 is 0 Å². The van der Waals surface area contributed by atoms with E-state index in [0.29, 0.717) is 6.42 Å². The third-order valence-electron chi connectivity index (χ3n) is 1.79. The van der Waals surface area contributed by atoms with E-state index < -0.39 is 37.7 Å². The first-order valence-electron chi connectivity index (χ1n) is 5.07. The second kappa shape index (κ2) is 6.97. The van der Waals surface area contributed by atoms with E-state index in [9.17, 15) is 22.8 Å². The lowest BCUT2D eigenvalue weighted by Gasteiger charge is -2.20. The predicted octanol–water partition coefficient (Wildman–Crippen LogP) is 1.44. The fraction of sp³-hybridized carbons (Fsp3) is 0.778. The van der Waals surface area contributed by atoms with Gasteiger partial charge in [-0.3, -0.25) is 4.79 Å². The first-order chi connectivity index (χ1) is 7.76. The number of nitrogens with one attached hydrogen (secondary N) is 1. The number of urea groups is 1. The summed E-state index contributed by atoms with van der Waals surface area (Å²) in [5.41, 5.74) is 0. The van der Waals surface area contributed by atoms with Crippen LogP contribution in [0.15, 0.2) is 0 Å². The zero-order valence-electron chi connectivity index (χ0n) is 9.38. The molecule has 5 nitrogen and oxygen atoms in total. The molecule has 0 saturated heterocycles. The Morgan fingerprint density at radius 2 is 1.94 bits per heavy atom. The molecule has 0 aliphatic carbocycles. The van der Waals surface area contributed by atoms with Crippen LogP contribution in [0.3, 0.4) is 0 Å². The average molecular weight is 256 g/mol. The number of hydrogen-bond donors (Lipinski definition) is 2. The lowest BCUT2D eigenvalue weighted by atomic mass is 10.4. The molecule has 0 atom stereocenters. The van der Waals surface area contributed by atoms with Gasteiger partial charge in [0.15, 0.2) is 0 Å². The predicted molar refractivity (Wildman–Crippen MR) is 53.6 cm³/mol. The number of rotatable bonds is 6. The maximum absolute atomic E-state index is 11.8. The van der Waals surface area contributed by atoms with Crippen molar-refractivity contribution >= 4 is 12.0 Å². The topological polar surface area (TPSA) is 69.6 Å². The fourth-order valence-electron chi connectivity index (χ4n) is 1.11. The number of halogens is 3. The number of nitrogens with zero attached hydrogens (tertiary/aromatic N) is 1. The molecule has 0 heterocycles. The summed E-state index contributed by atoms with van der Waals surface area (Å²) >= 11 is 0. The van der Waals surface area contributed by atoms with Crippen LogP contribution in [0, 0.1) is 0 Å². The molecule has 0 fully saturated rings. The van der Waals surface area contributed by atoms with Crippen LogP contribution in [0.25, 0.3) is 0 Å². The highest BCUT2D eigenvalue weighted by Crippen LogP contribution is 2.18. The van der Waals surface area contributed by atoms with Crippen LogP contribution in [0.5, 0.6) is 0 Å². The summed E-state index contributed by atoms with van der Waals surface area (Å²) in [6.07, 6.45) is -4.94. The molecule has 0 aromatic carbocycles. The maximum atomic E-state index is 11.8. The van der Waals surface area contributed by atoms with Crippen LogP contribution >= 0.6 is 0 Å². The summed E-state index contributed by atoms with van der Waals surface area (Å²) in [6.45, 7) is 0.843. The Labute approximate surface area is 96.6 Å². The summed E-state index contributed by atoms with van der Waals surface area (Å²) in [5.74, 6) is -1.20. The molecule has 8 heteroatoms. The Morgan fingerprint density at radius 1 is 1.35 bits per heavy atom. The van der Waals surface area contributed by atoms with Gasteiger partial charge < -0.3 is 15.3 Å². The van der Waals surface area contributed by atoms with E-state index in [4.69, 9.17) is 5.11 Å². The fourth-order valence-corrected chi connectivity index (χ4v) is 1.11. The minimum atomic E-state index is -4.34. The van der Waals surface area contributed by atoms with Crippen molar-refractivity contribution < 1.29 is 27.9 Å². The first kappa shape index (κ1) is 15.5. The number of carboxylic acid groups (broad SMARTS) is 1. The van der Waals surface area contributed by atoms with Crippen LogP contribution in [0.1, 0.15) is 19.8 Å². The van der Waals surface area contributed by atoms with Gasteiger partial charge in [0.25, 0.3) is 0 Å². The highest BCUT2D eigenvalue weighted by Gasteiger charge is 2.27. The number of alkyl halides is 3. The quantitative estimate of drug-likeness (QED) is 0.755. The highest BCUT2D eigenvalue weighted by atomic mass is 19.4. The van der Waals surface area contributed by atoms with Gasteiger partial charge in [-0.2, -0.15) is 13.2 Å². The third-order valence-corrected chi connectivity index (χ3v) is 1.79. The Kier molecular flexibility index (Phi) is 6.37. The van der Waals surface area contributed by atoms with E-state index in [1.165, 1.54) is 0 Å². The Morgan fingerprint density at radius 3 is 2.35 bits per heavy atom. The van der Waals surface area contributed by atoms with E-state index in [-0.39, 0.29) is 6.54 Å². The molecule has 0 radical (unpaired) electrons. The lowest BCUT2D eigenvalue weighted by Crippen LogP contribution is -2.44. The highest BCUT2D eigenvalue weighted by molar-refractivity contribution is 5.80. The summed E-state index contributed by atoms with van der Waals surface area (Å²) in [4.78, 5) is 22.7. The number of amides is 2. The second-order valence-electron chi connectivity index (χ2n) is 3.41. The molecule has 0 aromatic heterocycles. The van der Waals surface area contributed by atoms with Crippen molar-refractivity contribution in [3.05, 3.63) is 0 Å². The molecule has 0 spiro atoms. The Hall–Kier alpha value is -1.47. The van der Waals surface area contributed by atoms with Crippen molar-refractivity contribution in [1.82, 2.24) is 10.2 Å². The van der Waals surface area contributed by atoms with E-state index in [1.54, 1.807) is 6.92 Å².